The van der Waals surface area contributed by atoms with Gasteiger partial charge in [-0.3, -0.25) is 10.2 Å². The molecule has 0 saturated carbocycles. The highest BCUT2D eigenvalue weighted by molar-refractivity contribution is 7.15. The van der Waals surface area contributed by atoms with E-state index in [4.69, 9.17) is 16.3 Å². The minimum Gasteiger partial charge on any atom is -0.466 e. The van der Waals surface area contributed by atoms with Crippen molar-refractivity contribution in [2.24, 2.45) is 5.10 Å². The molecule has 0 atom stereocenters. The van der Waals surface area contributed by atoms with E-state index in [2.05, 4.69) is 15.5 Å². The summed E-state index contributed by atoms with van der Waals surface area (Å²) >= 11 is 7.37. The van der Waals surface area contributed by atoms with Gasteiger partial charge in [0.2, 0.25) is 5.13 Å². The maximum Gasteiger partial charge on any atom is 0.311 e. The van der Waals surface area contributed by atoms with Crippen LogP contribution in [0.4, 0.5) is 5.13 Å². The van der Waals surface area contributed by atoms with Crippen LogP contribution in [0.5, 0.6) is 0 Å². The Morgan fingerprint density at radius 1 is 1.52 bits per heavy atom. The van der Waals surface area contributed by atoms with E-state index in [0.29, 0.717) is 16.8 Å². The predicted octanol–water partition coefficient (Wildman–Crippen LogP) is 3.35. The number of ether oxygens (including phenoxy) is 1. The first-order chi connectivity index (χ1) is 10.2. The molecular weight excluding hydrogens is 310 g/mol. The number of rotatable bonds is 6. The van der Waals surface area contributed by atoms with Crippen LogP contribution in [0, 0.1) is 0 Å². The van der Waals surface area contributed by atoms with Crippen molar-refractivity contribution in [1.82, 2.24) is 4.98 Å². The average molecular weight is 324 g/mol. The fraction of sp³-hybridized carbons (Fsp3) is 0.214. The van der Waals surface area contributed by atoms with E-state index >= 15 is 0 Å². The highest BCUT2D eigenvalue weighted by Crippen LogP contribution is 2.19. The first-order valence-corrected chi connectivity index (χ1v) is 7.52. The number of hydrogen-bond acceptors (Lipinski definition) is 6. The third kappa shape index (κ3) is 4.84. The number of aromatic nitrogens is 1. The quantitative estimate of drug-likeness (QED) is 0.503. The molecule has 0 fully saturated rings. The van der Waals surface area contributed by atoms with E-state index in [1.54, 1.807) is 25.4 Å². The largest absolute Gasteiger partial charge is 0.466 e. The van der Waals surface area contributed by atoms with Crippen LogP contribution in [0.15, 0.2) is 35.6 Å². The Morgan fingerprint density at radius 3 is 3.10 bits per heavy atom. The molecule has 7 heteroatoms. The van der Waals surface area contributed by atoms with E-state index in [0.717, 1.165) is 10.4 Å². The molecule has 110 valence electrons. The molecule has 1 N–H and O–H groups in total. The fourth-order valence-electron chi connectivity index (χ4n) is 1.53. The summed E-state index contributed by atoms with van der Waals surface area (Å²) in [6, 6.07) is 7.40. The zero-order chi connectivity index (χ0) is 15.1. The van der Waals surface area contributed by atoms with Crippen LogP contribution in [-0.4, -0.2) is 23.8 Å². The van der Waals surface area contributed by atoms with Gasteiger partial charge in [0, 0.05) is 21.7 Å². The summed E-state index contributed by atoms with van der Waals surface area (Å²) in [4.78, 5) is 16.3. The smallest absolute Gasteiger partial charge is 0.311 e. The molecular formula is C14H14ClN3O2S. The van der Waals surface area contributed by atoms with Gasteiger partial charge in [0.25, 0.3) is 0 Å². The standard InChI is InChI=1S/C14H14ClN3O2S/c1-2-20-13(19)7-11-9-16-14(21-11)18-17-8-10-5-3-4-6-12(10)15/h3-6,8-9H,2,7H2,1H3,(H,16,18)/b17-8+. The molecule has 0 aliphatic carbocycles. The van der Waals surface area contributed by atoms with Crippen molar-refractivity contribution >= 4 is 40.3 Å². The number of hydrazone groups is 1. The molecule has 0 spiro atoms. The van der Waals surface area contributed by atoms with Crippen LogP contribution in [-0.2, 0) is 16.0 Å². The summed E-state index contributed by atoms with van der Waals surface area (Å²) in [5.41, 5.74) is 3.63. The Kier molecular flexibility index (Phi) is 5.71. The first-order valence-electron chi connectivity index (χ1n) is 6.33. The van der Waals surface area contributed by atoms with Gasteiger partial charge in [-0.15, -0.1) is 0 Å². The Hall–Kier alpha value is -1.92. The van der Waals surface area contributed by atoms with Gasteiger partial charge in [-0.25, -0.2) is 4.98 Å². The summed E-state index contributed by atoms with van der Waals surface area (Å²) < 4.78 is 4.88. The van der Waals surface area contributed by atoms with E-state index in [1.807, 2.05) is 18.2 Å². The molecule has 1 aromatic carbocycles. The van der Waals surface area contributed by atoms with Crippen LogP contribution in [0.1, 0.15) is 17.4 Å². The van der Waals surface area contributed by atoms with Gasteiger partial charge in [-0.1, -0.05) is 41.1 Å². The molecule has 0 radical (unpaired) electrons. The second-order valence-electron chi connectivity index (χ2n) is 4.01. The number of thiazole rings is 1. The van der Waals surface area contributed by atoms with Crippen LogP contribution in [0.25, 0.3) is 0 Å². The van der Waals surface area contributed by atoms with Gasteiger partial charge < -0.3 is 4.74 Å². The predicted molar refractivity (Wildman–Crippen MR) is 85.1 cm³/mol. The van der Waals surface area contributed by atoms with Gasteiger partial charge in [0.1, 0.15) is 0 Å². The molecule has 2 rings (SSSR count). The number of hydrogen-bond donors (Lipinski definition) is 1. The molecule has 2 aromatic rings. The minimum absolute atomic E-state index is 0.224. The molecule has 0 aliphatic rings. The molecule has 21 heavy (non-hydrogen) atoms. The molecule has 0 saturated heterocycles. The van der Waals surface area contributed by atoms with Crippen molar-refractivity contribution in [3.8, 4) is 0 Å². The summed E-state index contributed by atoms with van der Waals surface area (Å²) in [6.45, 7) is 2.16. The molecule has 0 unspecified atom stereocenters. The van der Waals surface area contributed by atoms with Gasteiger partial charge in [0.05, 0.1) is 19.2 Å². The summed E-state index contributed by atoms with van der Waals surface area (Å²) in [7, 11) is 0. The lowest BCUT2D eigenvalue weighted by Crippen LogP contribution is -2.06. The van der Waals surface area contributed by atoms with E-state index in [9.17, 15) is 4.79 Å². The number of halogens is 1. The van der Waals surface area contributed by atoms with Crippen molar-refractivity contribution in [3.05, 3.63) is 45.9 Å². The number of anilines is 1. The highest BCUT2D eigenvalue weighted by atomic mass is 35.5. The average Bonchev–Trinajstić information content (AvgIpc) is 2.88. The Balaban J connectivity index is 1.91. The zero-order valence-electron chi connectivity index (χ0n) is 11.4. The SMILES string of the molecule is CCOC(=O)Cc1cnc(N/N=C/c2ccccc2Cl)s1. The van der Waals surface area contributed by atoms with E-state index in [-0.39, 0.29) is 12.4 Å². The Bertz CT molecular complexity index is 643. The molecule has 0 amide bonds. The lowest BCUT2D eigenvalue weighted by atomic mass is 10.2. The second kappa shape index (κ2) is 7.75. The van der Waals surface area contributed by atoms with Crippen LogP contribution >= 0.6 is 22.9 Å². The molecule has 0 bridgehead atoms. The molecule has 1 aromatic heterocycles. The van der Waals surface area contributed by atoms with Crippen molar-refractivity contribution < 1.29 is 9.53 Å². The number of nitrogens with zero attached hydrogens (tertiary/aromatic N) is 2. The van der Waals surface area contributed by atoms with Crippen molar-refractivity contribution in [1.29, 1.82) is 0 Å². The van der Waals surface area contributed by atoms with Crippen LogP contribution in [0.3, 0.4) is 0 Å². The van der Waals surface area contributed by atoms with E-state index in [1.165, 1.54) is 11.3 Å². The second-order valence-corrected chi connectivity index (χ2v) is 5.53. The zero-order valence-corrected chi connectivity index (χ0v) is 12.9. The Morgan fingerprint density at radius 2 is 2.33 bits per heavy atom. The van der Waals surface area contributed by atoms with Gasteiger partial charge in [-0.05, 0) is 13.0 Å². The molecule has 5 nitrogen and oxygen atoms in total. The lowest BCUT2D eigenvalue weighted by Gasteiger charge is -1.98. The van der Waals surface area contributed by atoms with Crippen molar-refractivity contribution in [2.45, 2.75) is 13.3 Å². The Labute approximate surface area is 131 Å². The number of benzene rings is 1. The highest BCUT2D eigenvalue weighted by Gasteiger charge is 2.07. The first kappa shape index (κ1) is 15.5. The van der Waals surface area contributed by atoms with Crippen molar-refractivity contribution in [3.63, 3.8) is 0 Å². The number of carbonyl (C=O) groups is 1. The number of carbonyl (C=O) groups excluding carboxylic acids is 1. The third-order valence-electron chi connectivity index (χ3n) is 2.45. The van der Waals surface area contributed by atoms with Gasteiger partial charge >= 0.3 is 5.97 Å². The van der Waals surface area contributed by atoms with Gasteiger partial charge in [-0.2, -0.15) is 5.10 Å². The molecule has 0 aliphatic heterocycles. The number of esters is 1. The monoisotopic (exact) mass is 323 g/mol. The fourth-order valence-corrected chi connectivity index (χ4v) is 2.46. The van der Waals surface area contributed by atoms with Crippen LogP contribution < -0.4 is 5.43 Å². The number of nitrogens with one attached hydrogen (secondary N) is 1. The third-order valence-corrected chi connectivity index (χ3v) is 3.69. The summed E-state index contributed by atoms with van der Waals surface area (Å²) in [5.74, 6) is -0.257. The topological polar surface area (TPSA) is 63.6 Å². The molecule has 1 heterocycles. The van der Waals surface area contributed by atoms with Crippen molar-refractivity contribution in [2.75, 3.05) is 12.0 Å². The normalized spacial score (nSPS) is 10.8. The van der Waals surface area contributed by atoms with E-state index < -0.39 is 0 Å². The summed E-state index contributed by atoms with van der Waals surface area (Å²) in [5, 5.41) is 5.31. The van der Waals surface area contributed by atoms with Gasteiger partial charge in [0.15, 0.2) is 0 Å². The maximum absolute atomic E-state index is 11.4. The maximum atomic E-state index is 11.4. The summed E-state index contributed by atoms with van der Waals surface area (Å²) in [6.07, 6.45) is 3.48. The minimum atomic E-state index is -0.257. The lowest BCUT2D eigenvalue weighted by molar-refractivity contribution is -0.142. The van der Waals surface area contributed by atoms with Crippen LogP contribution in [0.2, 0.25) is 5.02 Å².